The number of nitrogens with zero attached hydrogens (tertiary/aromatic N) is 3. The van der Waals surface area contributed by atoms with Crippen molar-refractivity contribution in [3.8, 4) is 0 Å². The quantitative estimate of drug-likeness (QED) is 0.331. The highest BCUT2D eigenvalue weighted by molar-refractivity contribution is 7.99. The number of esters is 1. The molecular weight excluding hydrogens is 496 g/mol. The Bertz CT molecular complexity index is 1190. The SMILES string of the molecule is CC(C)(C)c1cc(=O)[nH]c(SCC(=O)N2CCC(N3C(=O)OCC3C(=O)OCc3ccccc3)CC2)n1. The van der Waals surface area contributed by atoms with Crippen molar-refractivity contribution in [1.29, 1.82) is 0 Å². The van der Waals surface area contributed by atoms with Crippen LogP contribution in [0.25, 0.3) is 0 Å². The van der Waals surface area contributed by atoms with Crippen LogP contribution in [0.1, 0.15) is 44.9 Å². The molecule has 198 valence electrons. The van der Waals surface area contributed by atoms with Gasteiger partial charge in [0.25, 0.3) is 5.56 Å². The van der Waals surface area contributed by atoms with Gasteiger partial charge in [-0.25, -0.2) is 14.6 Å². The lowest BCUT2D eigenvalue weighted by molar-refractivity contribution is -0.150. The van der Waals surface area contributed by atoms with Crippen molar-refractivity contribution < 1.29 is 23.9 Å². The van der Waals surface area contributed by atoms with Crippen molar-refractivity contribution in [3.05, 3.63) is 58.0 Å². The summed E-state index contributed by atoms with van der Waals surface area (Å²) in [4.78, 5) is 60.4. The Morgan fingerprint density at radius 3 is 2.54 bits per heavy atom. The van der Waals surface area contributed by atoms with E-state index in [0.29, 0.717) is 36.8 Å². The molecule has 2 saturated heterocycles. The van der Waals surface area contributed by atoms with Crippen molar-refractivity contribution in [2.75, 3.05) is 25.4 Å². The third-order valence-corrected chi connectivity index (χ3v) is 7.30. The highest BCUT2D eigenvalue weighted by atomic mass is 32.2. The first-order valence-electron chi connectivity index (χ1n) is 12.3. The predicted molar refractivity (Wildman–Crippen MR) is 137 cm³/mol. The highest BCUT2D eigenvalue weighted by Crippen LogP contribution is 2.26. The molecule has 4 rings (SSSR count). The molecule has 0 bridgehead atoms. The topological polar surface area (TPSA) is 122 Å². The molecule has 1 atom stereocenters. The number of H-pyrrole nitrogens is 1. The number of benzene rings is 1. The van der Waals surface area contributed by atoms with Crippen molar-refractivity contribution >= 4 is 29.7 Å². The molecule has 1 N–H and O–H groups in total. The number of likely N-dealkylation sites (tertiary alicyclic amines) is 1. The summed E-state index contributed by atoms with van der Waals surface area (Å²) in [7, 11) is 0. The molecule has 0 aliphatic carbocycles. The smallest absolute Gasteiger partial charge is 0.410 e. The monoisotopic (exact) mass is 528 g/mol. The minimum Gasteiger partial charge on any atom is -0.459 e. The van der Waals surface area contributed by atoms with Gasteiger partial charge in [-0.3, -0.25) is 14.5 Å². The zero-order valence-corrected chi connectivity index (χ0v) is 22.1. The van der Waals surface area contributed by atoms with Gasteiger partial charge in [0.2, 0.25) is 5.91 Å². The average molecular weight is 529 g/mol. The van der Waals surface area contributed by atoms with E-state index in [1.165, 1.54) is 22.7 Å². The van der Waals surface area contributed by atoms with Gasteiger partial charge in [0.05, 0.1) is 11.4 Å². The Morgan fingerprint density at radius 1 is 1.16 bits per heavy atom. The zero-order chi connectivity index (χ0) is 26.6. The second kappa shape index (κ2) is 11.4. The summed E-state index contributed by atoms with van der Waals surface area (Å²) in [5.41, 5.74) is 1.01. The summed E-state index contributed by atoms with van der Waals surface area (Å²) in [6.45, 7) is 6.91. The maximum Gasteiger partial charge on any atom is 0.410 e. The highest BCUT2D eigenvalue weighted by Gasteiger charge is 2.44. The first-order chi connectivity index (χ1) is 17.6. The van der Waals surface area contributed by atoms with Crippen LogP contribution in [0.3, 0.4) is 0 Å². The van der Waals surface area contributed by atoms with Gasteiger partial charge >= 0.3 is 12.1 Å². The number of aromatic nitrogens is 2. The summed E-state index contributed by atoms with van der Waals surface area (Å²) in [5, 5.41) is 0.414. The lowest BCUT2D eigenvalue weighted by Crippen LogP contribution is -2.52. The van der Waals surface area contributed by atoms with Gasteiger partial charge in [0.15, 0.2) is 11.2 Å². The Labute approximate surface area is 219 Å². The number of hydrogen-bond acceptors (Lipinski definition) is 8. The van der Waals surface area contributed by atoms with Crippen LogP contribution in [-0.2, 0) is 31.1 Å². The number of carbonyl (C=O) groups excluding carboxylic acids is 3. The first-order valence-corrected chi connectivity index (χ1v) is 13.3. The van der Waals surface area contributed by atoms with Gasteiger partial charge < -0.3 is 19.4 Å². The van der Waals surface area contributed by atoms with Gasteiger partial charge in [0.1, 0.15) is 13.2 Å². The Hall–Kier alpha value is -3.34. The molecule has 2 aliphatic rings. The molecule has 37 heavy (non-hydrogen) atoms. The van der Waals surface area contributed by atoms with E-state index in [2.05, 4.69) is 9.97 Å². The van der Waals surface area contributed by atoms with E-state index in [1.807, 2.05) is 51.1 Å². The minimum atomic E-state index is -0.794. The molecule has 0 radical (unpaired) electrons. The summed E-state index contributed by atoms with van der Waals surface area (Å²) >= 11 is 1.20. The fourth-order valence-electron chi connectivity index (χ4n) is 4.35. The molecule has 1 aromatic heterocycles. The molecular formula is C26H32N4O6S. The number of hydrogen-bond donors (Lipinski definition) is 1. The number of ether oxygens (including phenoxy) is 2. The Morgan fingerprint density at radius 2 is 1.86 bits per heavy atom. The Balaban J connectivity index is 1.29. The second-order valence-electron chi connectivity index (χ2n) is 10.2. The van der Waals surface area contributed by atoms with Crippen LogP contribution in [0, 0.1) is 0 Å². The van der Waals surface area contributed by atoms with Gasteiger partial charge in [-0.2, -0.15) is 0 Å². The van der Waals surface area contributed by atoms with E-state index in [9.17, 15) is 19.2 Å². The van der Waals surface area contributed by atoms with Crippen LogP contribution in [0.4, 0.5) is 4.79 Å². The summed E-state index contributed by atoms with van der Waals surface area (Å²) < 4.78 is 10.6. The third kappa shape index (κ3) is 6.71. The normalized spacial score (nSPS) is 18.6. The van der Waals surface area contributed by atoms with Gasteiger partial charge in [-0.15, -0.1) is 0 Å². The van der Waals surface area contributed by atoms with Crippen molar-refractivity contribution in [2.24, 2.45) is 0 Å². The predicted octanol–water partition coefficient (Wildman–Crippen LogP) is 2.71. The molecule has 1 unspecified atom stereocenters. The van der Waals surface area contributed by atoms with Crippen LogP contribution in [0.2, 0.25) is 0 Å². The van der Waals surface area contributed by atoms with Crippen LogP contribution in [-0.4, -0.2) is 75.3 Å². The van der Waals surface area contributed by atoms with E-state index in [-0.39, 0.29) is 41.9 Å². The first kappa shape index (κ1) is 26.7. The van der Waals surface area contributed by atoms with Crippen LogP contribution < -0.4 is 5.56 Å². The molecule has 10 nitrogen and oxygen atoms in total. The fourth-order valence-corrected chi connectivity index (χ4v) is 5.12. The largest absolute Gasteiger partial charge is 0.459 e. The number of cyclic esters (lactones) is 1. The minimum absolute atomic E-state index is 0.0406. The fraction of sp³-hybridized carbons (Fsp3) is 0.500. The van der Waals surface area contributed by atoms with Gasteiger partial charge in [0, 0.05) is 30.6 Å². The van der Waals surface area contributed by atoms with E-state index >= 15 is 0 Å². The number of rotatable bonds is 7. The molecule has 1 aromatic carbocycles. The number of nitrogens with one attached hydrogen (secondary N) is 1. The van der Waals surface area contributed by atoms with Gasteiger partial charge in [-0.1, -0.05) is 62.9 Å². The van der Waals surface area contributed by atoms with Crippen molar-refractivity contribution in [2.45, 2.75) is 62.9 Å². The van der Waals surface area contributed by atoms with E-state index in [0.717, 1.165) is 5.56 Å². The summed E-state index contributed by atoms with van der Waals surface area (Å²) in [6.07, 6.45) is 0.529. The van der Waals surface area contributed by atoms with Crippen LogP contribution >= 0.6 is 11.8 Å². The van der Waals surface area contributed by atoms with Crippen molar-refractivity contribution in [1.82, 2.24) is 19.8 Å². The number of piperidine rings is 1. The molecule has 2 aromatic rings. The maximum atomic E-state index is 12.8. The zero-order valence-electron chi connectivity index (χ0n) is 21.3. The molecule has 2 fully saturated rings. The van der Waals surface area contributed by atoms with Crippen LogP contribution in [0.5, 0.6) is 0 Å². The molecule has 3 heterocycles. The molecule has 2 amide bonds. The maximum absolute atomic E-state index is 12.8. The number of thioether (sulfide) groups is 1. The van der Waals surface area contributed by atoms with Crippen molar-refractivity contribution in [3.63, 3.8) is 0 Å². The third-order valence-electron chi connectivity index (χ3n) is 6.44. The molecule has 11 heteroatoms. The molecule has 0 saturated carbocycles. The summed E-state index contributed by atoms with van der Waals surface area (Å²) in [5.74, 6) is -0.430. The molecule has 2 aliphatic heterocycles. The lowest BCUT2D eigenvalue weighted by atomic mass is 9.92. The number of carbonyl (C=O) groups is 3. The number of amides is 2. The average Bonchev–Trinajstić information content (AvgIpc) is 3.27. The van der Waals surface area contributed by atoms with Gasteiger partial charge in [-0.05, 0) is 18.4 Å². The molecule has 0 spiro atoms. The number of aromatic amines is 1. The standard InChI is InChI=1S/C26H32N4O6S/c1-26(2,3)20-13-21(31)28-24(27-20)37-16-22(32)29-11-9-18(10-12-29)30-19(15-36-25(30)34)23(33)35-14-17-7-5-4-6-8-17/h4-8,13,18-19H,9-12,14-16H2,1-3H3,(H,27,28,31). The van der Waals surface area contributed by atoms with Crippen LogP contribution in [0.15, 0.2) is 46.3 Å². The van der Waals surface area contributed by atoms with E-state index in [4.69, 9.17) is 9.47 Å². The van der Waals surface area contributed by atoms with E-state index < -0.39 is 18.1 Å². The van der Waals surface area contributed by atoms with E-state index in [1.54, 1.807) is 4.90 Å². The summed E-state index contributed by atoms with van der Waals surface area (Å²) in [6, 6.07) is 9.80. The lowest BCUT2D eigenvalue weighted by Gasteiger charge is -2.37. The Kier molecular flexibility index (Phi) is 8.21. The second-order valence-corrected chi connectivity index (χ2v) is 11.1.